The highest BCUT2D eigenvalue weighted by Gasteiger charge is 2.29. The summed E-state index contributed by atoms with van der Waals surface area (Å²) in [6, 6.07) is 8.78. The number of H-pyrrole nitrogens is 1. The van der Waals surface area contributed by atoms with Crippen molar-refractivity contribution in [3.05, 3.63) is 41.8 Å². The Hall–Kier alpha value is -3.16. The highest BCUT2D eigenvalue weighted by molar-refractivity contribution is 6.03. The van der Waals surface area contributed by atoms with Gasteiger partial charge in [-0.25, -0.2) is 4.79 Å². The van der Waals surface area contributed by atoms with Gasteiger partial charge in [0.25, 0.3) is 5.91 Å². The quantitative estimate of drug-likeness (QED) is 0.690. The number of rotatable bonds is 5. The molecule has 1 aromatic carbocycles. The van der Waals surface area contributed by atoms with E-state index in [2.05, 4.69) is 20.7 Å². The molecule has 0 unspecified atom stereocenters. The van der Waals surface area contributed by atoms with E-state index >= 15 is 0 Å². The minimum Gasteiger partial charge on any atom is -0.447 e. The fourth-order valence-electron chi connectivity index (χ4n) is 2.41. The van der Waals surface area contributed by atoms with Gasteiger partial charge in [-0.15, -0.1) is 0 Å². The smallest absolute Gasteiger partial charge is 0.360 e. The van der Waals surface area contributed by atoms with Crippen LogP contribution in [-0.4, -0.2) is 33.3 Å². The van der Waals surface area contributed by atoms with E-state index < -0.39 is 18.0 Å². The molecule has 3 aromatic rings. The number of amides is 1. The Morgan fingerprint density at radius 2 is 2.04 bits per heavy atom. The third-order valence-electron chi connectivity index (χ3n) is 3.64. The molecule has 130 valence electrons. The van der Waals surface area contributed by atoms with Gasteiger partial charge in [-0.3, -0.25) is 9.89 Å². The summed E-state index contributed by atoms with van der Waals surface area (Å²) in [7, 11) is 0. The first-order valence-electron chi connectivity index (χ1n) is 7.84. The fourth-order valence-corrected chi connectivity index (χ4v) is 2.41. The first kappa shape index (κ1) is 16.7. The number of aromatic amines is 1. The number of hydrogen-bond acceptors (Lipinski definition) is 6. The zero-order valence-electron chi connectivity index (χ0n) is 14.1. The standard InChI is InChI=1S/C17H18N4O4/c1-9(2)15(16(22)18-13-8-10(3)25-21-13)24-17(23)14-11-6-4-5-7-12(11)19-20-14/h4-9,15H,1-3H3,(H,19,20)(H,18,21,22)/t15-/m0/s1. The highest BCUT2D eigenvalue weighted by Crippen LogP contribution is 2.19. The van der Waals surface area contributed by atoms with E-state index in [4.69, 9.17) is 9.26 Å². The van der Waals surface area contributed by atoms with Gasteiger partial charge in [0.2, 0.25) is 0 Å². The second-order valence-corrected chi connectivity index (χ2v) is 6.00. The predicted molar refractivity (Wildman–Crippen MR) is 90.0 cm³/mol. The summed E-state index contributed by atoms with van der Waals surface area (Å²) < 4.78 is 10.3. The van der Waals surface area contributed by atoms with Crippen molar-refractivity contribution in [2.45, 2.75) is 26.9 Å². The summed E-state index contributed by atoms with van der Waals surface area (Å²) in [4.78, 5) is 24.9. The van der Waals surface area contributed by atoms with Crippen LogP contribution in [0.5, 0.6) is 0 Å². The van der Waals surface area contributed by atoms with Gasteiger partial charge in [-0.2, -0.15) is 5.10 Å². The molecule has 0 fully saturated rings. The van der Waals surface area contributed by atoms with Crippen molar-refractivity contribution in [2.24, 2.45) is 5.92 Å². The van der Waals surface area contributed by atoms with Crippen LogP contribution < -0.4 is 5.32 Å². The van der Waals surface area contributed by atoms with Crippen molar-refractivity contribution in [3.63, 3.8) is 0 Å². The minimum atomic E-state index is -0.986. The number of anilines is 1. The van der Waals surface area contributed by atoms with Crippen LogP contribution in [0.4, 0.5) is 5.82 Å². The Morgan fingerprint density at radius 3 is 2.72 bits per heavy atom. The molecule has 0 radical (unpaired) electrons. The number of aryl methyl sites for hydroxylation is 1. The van der Waals surface area contributed by atoms with E-state index in [0.29, 0.717) is 11.1 Å². The first-order chi connectivity index (χ1) is 12.0. The Labute approximate surface area is 143 Å². The monoisotopic (exact) mass is 342 g/mol. The molecule has 2 aromatic heterocycles. The van der Waals surface area contributed by atoms with Gasteiger partial charge >= 0.3 is 5.97 Å². The molecule has 0 aliphatic heterocycles. The lowest BCUT2D eigenvalue weighted by Gasteiger charge is -2.19. The molecule has 25 heavy (non-hydrogen) atoms. The zero-order chi connectivity index (χ0) is 18.0. The number of aromatic nitrogens is 3. The Balaban J connectivity index is 1.77. The number of benzene rings is 1. The number of hydrogen-bond donors (Lipinski definition) is 2. The lowest BCUT2D eigenvalue weighted by Crippen LogP contribution is -2.36. The predicted octanol–water partition coefficient (Wildman–Crippen LogP) is 2.68. The second-order valence-electron chi connectivity index (χ2n) is 6.00. The molecule has 3 rings (SSSR count). The normalized spacial score (nSPS) is 12.3. The molecule has 0 aliphatic carbocycles. The lowest BCUT2D eigenvalue weighted by molar-refractivity contribution is -0.126. The maximum Gasteiger partial charge on any atom is 0.360 e. The molecule has 1 amide bonds. The third kappa shape index (κ3) is 3.52. The summed E-state index contributed by atoms with van der Waals surface area (Å²) in [5.41, 5.74) is 0.865. The highest BCUT2D eigenvalue weighted by atomic mass is 16.5. The van der Waals surface area contributed by atoms with Crippen molar-refractivity contribution in [2.75, 3.05) is 5.32 Å². The van der Waals surface area contributed by atoms with Crippen molar-refractivity contribution in [1.29, 1.82) is 0 Å². The van der Waals surface area contributed by atoms with E-state index in [1.807, 2.05) is 6.07 Å². The minimum absolute atomic E-state index is 0.145. The average Bonchev–Trinajstić information content (AvgIpc) is 3.18. The average molecular weight is 342 g/mol. The molecule has 1 atom stereocenters. The number of para-hydroxylation sites is 1. The molecule has 8 nitrogen and oxygen atoms in total. The molecular formula is C17H18N4O4. The summed E-state index contributed by atoms with van der Waals surface area (Å²) in [5.74, 6) is -0.535. The first-order valence-corrected chi connectivity index (χ1v) is 7.84. The third-order valence-corrected chi connectivity index (χ3v) is 3.64. The van der Waals surface area contributed by atoms with Crippen LogP contribution in [0.1, 0.15) is 30.1 Å². The summed E-state index contributed by atoms with van der Waals surface area (Å²) in [6.45, 7) is 5.29. The molecule has 2 heterocycles. The van der Waals surface area contributed by atoms with Crippen LogP contribution in [0.3, 0.4) is 0 Å². The molecule has 2 N–H and O–H groups in total. The fraction of sp³-hybridized carbons (Fsp3) is 0.294. The number of carbonyl (C=O) groups excluding carboxylic acids is 2. The van der Waals surface area contributed by atoms with Crippen LogP contribution >= 0.6 is 0 Å². The SMILES string of the molecule is Cc1cc(NC(=O)[C@@H](OC(=O)c2n[nH]c3ccccc23)C(C)C)no1. The summed E-state index contributed by atoms with van der Waals surface area (Å²) in [5, 5.41) is 13.7. The number of nitrogens with zero attached hydrogens (tertiary/aromatic N) is 2. The van der Waals surface area contributed by atoms with Gasteiger partial charge in [0.05, 0.1) is 5.52 Å². The van der Waals surface area contributed by atoms with E-state index in [1.54, 1.807) is 45.0 Å². The molecule has 0 bridgehead atoms. The lowest BCUT2D eigenvalue weighted by atomic mass is 10.1. The number of nitrogens with one attached hydrogen (secondary N) is 2. The van der Waals surface area contributed by atoms with Gasteiger partial charge in [0.1, 0.15) is 5.76 Å². The van der Waals surface area contributed by atoms with Crippen LogP contribution in [0.2, 0.25) is 0 Å². The van der Waals surface area contributed by atoms with Crippen LogP contribution in [0.15, 0.2) is 34.9 Å². The molecule has 0 saturated carbocycles. The Kier molecular flexibility index (Phi) is 4.51. The molecule has 0 saturated heterocycles. The van der Waals surface area contributed by atoms with E-state index in [0.717, 1.165) is 5.52 Å². The second kappa shape index (κ2) is 6.76. The van der Waals surface area contributed by atoms with Crippen LogP contribution in [0, 0.1) is 12.8 Å². The van der Waals surface area contributed by atoms with E-state index in [1.165, 1.54) is 0 Å². The summed E-state index contributed by atoms with van der Waals surface area (Å²) >= 11 is 0. The zero-order valence-corrected chi connectivity index (χ0v) is 14.1. The van der Waals surface area contributed by atoms with Crippen molar-refractivity contribution < 1.29 is 18.8 Å². The molecule has 8 heteroatoms. The number of carbonyl (C=O) groups is 2. The number of esters is 1. The Bertz CT molecular complexity index is 912. The Morgan fingerprint density at radius 1 is 1.28 bits per heavy atom. The maximum atomic E-state index is 12.5. The molecular weight excluding hydrogens is 324 g/mol. The van der Waals surface area contributed by atoms with Gasteiger partial charge in [-0.05, 0) is 18.9 Å². The maximum absolute atomic E-state index is 12.5. The van der Waals surface area contributed by atoms with E-state index in [9.17, 15) is 9.59 Å². The van der Waals surface area contributed by atoms with Crippen LogP contribution in [-0.2, 0) is 9.53 Å². The van der Waals surface area contributed by atoms with Crippen molar-refractivity contribution in [1.82, 2.24) is 15.4 Å². The van der Waals surface area contributed by atoms with E-state index in [-0.39, 0.29) is 17.4 Å². The van der Waals surface area contributed by atoms with Gasteiger partial charge in [-0.1, -0.05) is 37.2 Å². The van der Waals surface area contributed by atoms with Crippen molar-refractivity contribution >= 4 is 28.6 Å². The topological polar surface area (TPSA) is 110 Å². The number of fused-ring (bicyclic) bond motifs is 1. The van der Waals surface area contributed by atoms with Crippen LogP contribution in [0.25, 0.3) is 10.9 Å². The summed E-state index contributed by atoms with van der Waals surface area (Å²) in [6.07, 6.45) is -0.986. The van der Waals surface area contributed by atoms with Gasteiger partial charge < -0.3 is 14.6 Å². The number of ether oxygens (including phenoxy) is 1. The van der Waals surface area contributed by atoms with Gasteiger partial charge in [0, 0.05) is 11.5 Å². The molecule has 0 spiro atoms. The largest absolute Gasteiger partial charge is 0.447 e. The van der Waals surface area contributed by atoms with Gasteiger partial charge in [0.15, 0.2) is 17.6 Å². The molecule has 0 aliphatic rings. The van der Waals surface area contributed by atoms with Crippen molar-refractivity contribution in [3.8, 4) is 0 Å².